The number of halogens is 1. The summed E-state index contributed by atoms with van der Waals surface area (Å²) < 4.78 is 4.68. The van der Waals surface area contributed by atoms with Crippen LogP contribution in [0.3, 0.4) is 0 Å². The molecule has 0 aromatic carbocycles. The second-order valence-corrected chi connectivity index (χ2v) is 29.3. The van der Waals surface area contributed by atoms with E-state index in [1.807, 2.05) is 0 Å². The van der Waals surface area contributed by atoms with E-state index in [4.69, 9.17) is 0 Å². The predicted octanol–water partition coefficient (Wildman–Crippen LogP) is 8.07. The quantitative estimate of drug-likeness (QED) is 0.173. The van der Waals surface area contributed by atoms with Crippen LogP contribution in [0, 0.1) is 0 Å². The van der Waals surface area contributed by atoms with Crippen molar-refractivity contribution >= 4 is 28.9 Å². The Morgan fingerprint density at radius 2 is 0.900 bits per heavy atom. The van der Waals surface area contributed by atoms with Gasteiger partial charge in [-0.15, -0.1) is 0 Å². The average Bonchev–Trinajstić information content (AvgIpc) is 2.46. The van der Waals surface area contributed by atoms with Gasteiger partial charge in [-0.3, -0.25) is 0 Å². The molecule has 0 atom stereocenters. The molecule has 0 bridgehead atoms. The van der Waals surface area contributed by atoms with E-state index in [1.165, 1.54) is 81.5 Å². The first-order valence-corrected chi connectivity index (χ1v) is 21.8. The fourth-order valence-corrected chi connectivity index (χ4v) is 14.5. The molecule has 0 aliphatic carbocycles. The first kappa shape index (κ1) is 21.3. The van der Waals surface area contributed by atoms with Crippen LogP contribution in [-0.2, 0) is 0 Å². The average molecular weight is 454 g/mol. The molecule has 0 aromatic rings. The van der Waals surface area contributed by atoms with Gasteiger partial charge in [0.05, 0.1) is 0 Å². The van der Waals surface area contributed by atoms with Gasteiger partial charge in [-0.1, -0.05) is 0 Å². The van der Waals surface area contributed by atoms with Gasteiger partial charge in [0.15, 0.2) is 0 Å². The summed E-state index contributed by atoms with van der Waals surface area (Å²) in [4.78, 5) is 0. The van der Waals surface area contributed by atoms with Crippen LogP contribution in [0.5, 0.6) is 0 Å². The van der Waals surface area contributed by atoms with Gasteiger partial charge in [-0.05, 0) is 0 Å². The number of hydrogen-bond donors (Lipinski definition) is 0. The van der Waals surface area contributed by atoms with Gasteiger partial charge in [0, 0.05) is 0 Å². The Kier molecular flexibility index (Phi) is 16.2. The third kappa shape index (κ3) is 13.0. The minimum absolute atomic E-state index is 1.37. The molecule has 0 spiro atoms. The monoisotopic (exact) mass is 454 g/mol. The molecule has 0 rings (SSSR count). The van der Waals surface area contributed by atoms with Gasteiger partial charge in [-0.2, -0.15) is 0 Å². The Hall–Kier alpha value is 1.28. The Labute approximate surface area is 139 Å². The molecule has 2 heteroatoms. The van der Waals surface area contributed by atoms with E-state index in [9.17, 15) is 0 Å². The van der Waals surface area contributed by atoms with Crippen molar-refractivity contribution in [1.82, 2.24) is 0 Å². The summed E-state index contributed by atoms with van der Waals surface area (Å²) in [5.41, 5.74) is 0. The molecular formula is C18H39BrSn. The van der Waals surface area contributed by atoms with E-state index in [-0.39, 0.29) is 0 Å². The van der Waals surface area contributed by atoms with E-state index in [0.717, 1.165) is 0 Å². The fourth-order valence-electron chi connectivity index (χ4n) is 2.92. The van der Waals surface area contributed by atoms with Crippen LogP contribution in [0.15, 0.2) is 0 Å². The SMILES string of the molecule is CCCCCCC[CH2][Sn]([Br])([CH2]C)[CH2]CCCCCCC. The number of rotatable bonds is 15. The molecule has 0 aliphatic heterocycles. The summed E-state index contributed by atoms with van der Waals surface area (Å²) in [6, 6.07) is 0. The standard InChI is InChI=1S/2C8H17.C2H5.BrH.Sn/c2*1-3-5-7-8-6-4-2;1-2;;/h2*1,3-8H2,2H3;1H2,2H3;1H;/q;;;;+1/p-1. The molecule has 0 radical (unpaired) electrons. The molecule has 0 nitrogen and oxygen atoms in total. The van der Waals surface area contributed by atoms with Gasteiger partial charge in [0.1, 0.15) is 0 Å². The van der Waals surface area contributed by atoms with Crippen LogP contribution in [0.1, 0.15) is 97.8 Å². The van der Waals surface area contributed by atoms with Crippen LogP contribution in [0.4, 0.5) is 0 Å². The molecule has 0 saturated heterocycles. The molecular weight excluding hydrogens is 415 g/mol. The Morgan fingerprint density at radius 1 is 0.550 bits per heavy atom. The number of hydrogen-bond acceptors (Lipinski definition) is 0. The van der Waals surface area contributed by atoms with E-state index >= 15 is 0 Å². The Bertz CT molecular complexity index is 178. The van der Waals surface area contributed by atoms with Crippen molar-refractivity contribution < 1.29 is 0 Å². The van der Waals surface area contributed by atoms with Crippen LogP contribution in [-0.4, -0.2) is 16.2 Å². The third-order valence-electron chi connectivity index (χ3n) is 4.59. The summed E-state index contributed by atoms with van der Waals surface area (Å²) in [5, 5.41) is 0. The summed E-state index contributed by atoms with van der Waals surface area (Å²) in [6.07, 6.45) is 17.5. The van der Waals surface area contributed by atoms with Crippen LogP contribution in [0.2, 0.25) is 13.3 Å². The fraction of sp³-hybridized carbons (Fsp3) is 1.00. The zero-order chi connectivity index (χ0) is 15.1. The van der Waals surface area contributed by atoms with Crippen molar-refractivity contribution in [2.24, 2.45) is 0 Å². The van der Waals surface area contributed by atoms with Crippen molar-refractivity contribution in [3.05, 3.63) is 0 Å². The van der Waals surface area contributed by atoms with E-state index in [0.29, 0.717) is 0 Å². The van der Waals surface area contributed by atoms with E-state index in [1.54, 1.807) is 8.87 Å². The molecule has 0 saturated carbocycles. The maximum atomic E-state index is 4.26. The summed E-state index contributed by atoms with van der Waals surface area (Å²) in [5.74, 6) is 0. The zero-order valence-electron chi connectivity index (χ0n) is 14.5. The second-order valence-electron chi connectivity index (χ2n) is 6.54. The van der Waals surface area contributed by atoms with Crippen molar-refractivity contribution in [3.63, 3.8) is 0 Å². The molecule has 0 unspecified atom stereocenters. The van der Waals surface area contributed by atoms with Crippen molar-refractivity contribution in [2.75, 3.05) is 0 Å². The van der Waals surface area contributed by atoms with Crippen LogP contribution < -0.4 is 0 Å². The molecule has 122 valence electrons. The first-order valence-electron chi connectivity index (χ1n) is 9.37. The van der Waals surface area contributed by atoms with Crippen LogP contribution >= 0.6 is 12.7 Å². The second kappa shape index (κ2) is 15.2. The Morgan fingerprint density at radius 3 is 1.25 bits per heavy atom. The van der Waals surface area contributed by atoms with E-state index < -0.39 is 16.2 Å². The molecule has 0 aromatic heterocycles. The first-order chi connectivity index (χ1) is 9.68. The van der Waals surface area contributed by atoms with Gasteiger partial charge in [-0.25, -0.2) is 0 Å². The molecule has 0 heterocycles. The molecule has 0 amide bonds. The van der Waals surface area contributed by atoms with Gasteiger partial charge < -0.3 is 0 Å². The number of unbranched alkanes of at least 4 members (excludes halogenated alkanes) is 10. The van der Waals surface area contributed by atoms with Crippen molar-refractivity contribution in [1.29, 1.82) is 0 Å². The summed E-state index contributed by atoms with van der Waals surface area (Å²) >= 11 is 2.45. The molecule has 0 aliphatic rings. The van der Waals surface area contributed by atoms with Crippen molar-refractivity contribution in [3.8, 4) is 0 Å². The third-order valence-corrected chi connectivity index (χ3v) is 24.4. The maximum absolute atomic E-state index is 4.26. The zero-order valence-corrected chi connectivity index (χ0v) is 18.9. The topological polar surface area (TPSA) is 0 Å². The van der Waals surface area contributed by atoms with Crippen LogP contribution in [0.25, 0.3) is 0 Å². The van der Waals surface area contributed by atoms with Gasteiger partial charge in [0.2, 0.25) is 0 Å². The summed E-state index contributed by atoms with van der Waals surface area (Å²) in [7, 11) is 0. The molecule has 0 N–H and O–H groups in total. The Balaban J connectivity index is 3.57. The van der Waals surface area contributed by atoms with Gasteiger partial charge >= 0.3 is 140 Å². The van der Waals surface area contributed by atoms with E-state index in [2.05, 4.69) is 33.5 Å². The summed E-state index contributed by atoms with van der Waals surface area (Å²) in [6.45, 7) is 7.05. The minimum atomic E-state index is -1.81. The predicted molar refractivity (Wildman–Crippen MR) is 102 cm³/mol. The van der Waals surface area contributed by atoms with Gasteiger partial charge in [0.25, 0.3) is 0 Å². The molecule has 0 fully saturated rings. The van der Waals surface area contributed by atoms with Crippen molar-refractivity contribution in [2.45, 2.75) is 111 Å². The normalized spacial score (nSPS) is 12.0. The molecule has 20 heavy (non-hydrogen) atoms.